The molecule has 0 spiro atoms. The molecule has 0 amide bonds. The number of carbonyl (C=O) groups is 1. The van der Waals surface area contributed by atoms with Gasteiger partial charge in [-0.1, -0.05) is 18.9 Å². The third-order valence-electron chi connectivity index (χ3n) is 5.95. The normalized spacial score (nSPS) is 17.3. The number of aromatic nitrogens is 1. The first kappa shape index (κ1) is 18.2. The first-order valence-electron chi connectivity index (χ1n) is 9.97. The van der Waals surface area contributed by atoms with Crippen molar-refractivity contribution < 1.29 is 9.53 Å². The fraction of sp³-hybridized carbons (Fsp3) is 0.478. The fourth-order valence-electron chi connectivity index (χ4n) is 4.44. The van der Waals surface area contributed by atoms with Gasteiger partial charge < -0.3 is 9.30 Å². The molecule has 4 rings (SSSR count). The number of carbonyl (C=O) groups excluding carboxylic acids is 1. The van der Waals surface area contributed by atoms with Crippen LogP contribution in [0.4, 0.5) is 0 Å². The summed E-state index contributed by atoms with van der Waals surface area (Å²) in [5.74, 6) is 0.305. The Bertz CT molecular complexity index is 909. The largest absolute Gasteiger partial charge is 0.374 e. The number of fused-ring (bicyclic) bond motifs is 1. The van der Waals surface area contributed by atoms with Crippen LogP contribution in [0.5, 0.6) is 0 Å². The number of ketones is 1. The van der Waals surface area contributed by atoms with Crippen LogP contribution in [0.3, 0.4) is 0 Å². The van der Waals surface area contributed by atoms with Crippen molar-refractivity contribution in [2.75, 3.05) is 0 Å². The van der Waals surface area contributed by atoms with Gasteiger partial charge in [-0.2, -0.15) is 0 Å². The molecule has 0 radical (unpaired) electrons. The number of aryl methyl sites for hydroxylation is 2. The highest BCUT2D eigenvalue weighted by Gasteiger charge is 2.22. The minimum absolute atomic E-state index is 0.0247. The van der Waals surface area contributed by atoms with Gasteiger partial charge in [0.15, 0.2) is 0 Å². The molecule has 2 aromatic rings. The third-order valence-corrected chi connectivity index (χ3v) is 5.95. The molecule has 2 aliphatic rings. The highest BCUT2D eigenvalue weighted by Crippen LogP contribution is 2.31. The molecule has 0 saturated heterocycles. The van der Waals surface area contributed by atoms with Gasteiger partial charge in [0.2, 0.25) is 0 Å². The van der Waals surface area contributed by atoms with E-state index in [2.05, 4.69) is 12.1 Å². The summed E-state index contributed by atoms with van der Waals surface area (Å²) in [5.41, 5.74) is 6.44. The molecule has 2 aliphatic carbocycles. The van der Waals surface area contributed by atoms with Crippen molar-refractivity contribution in [3.05, 3.63) is 57.0 Å². The van der Waals surface area contributed by atoms with Crippen LogP contribution in [0.1, 0.15) is 54.4 Å². The first-order chi connectivity index (χ1) is 13.0. The van der Waals surface area contributed by atoms with Crippen molar-refractivity contribution in [1.82, 2.24) is 4.57 Å². The number of nitrogens with zero attached hydrogens (tertiary/aromatic N) is 1. The lowest BCUT2D eigenvalue weighted by Crippen LogP contribution is -2.19. The van der Waals surface area contributed by atoms with E-state index < -0.39 is 0 Å². The molecule has 0 aliphatic heterocycles. The average Bonchev–Trinajstić information content (AvgIpc) is 3.16. The van der Waals surface area contributed by atoms with Crippen LogP contribution < -0.4 is 5.56 Å². The Morgan fingerprint density at radius 1 is 1.07 bits per heavy atom. The monoisotopic (exact) mass is 365 g/mol. The molecule has 142 valence electrons. The van der Waals surface area contributed by atoms with E-state index in [0.717, 1.165) is 41.5 Å². The highest BCUT2D eigenvalue weighted by atomic mass is 16.5. The third kappa shape index (κ3) is 3.77. The Morgan fingerprint density at radius 2 is 1.85 bits per heavy atom. The van der Waals surface area contributed by atoms with Crippen LogP contribution in [-0.2, 0) is 36.0 Å². The molecule has 1 heterocycles. The lowest BCUT2D eigenvalue weighted by molar-refractivity contribution is -0.118. The van der Waals surface area contributed by atoms with Crippen LogP contribution >= 0.6 is 0 Å². The van der Waals surface area contributed by atoms with E-state index >= 15 is 0 Å². The van der Waals surface area contributed by atoms with Crippen molar-refractivity contribution in [2.45, 2.75) is 64.6 Å². The molecule has 1 aromatic carbocycles. The van der Waals surface area contributed by atoms with Crippen molar-refractivity contribution in [3.8, 4) is 11.1 Å². The van der Waals surface area contributed by atoms with Crippen LogP contribution in [0.25, 0.3) is 11.1 Å². The van der Waals surface area contributed by atoms with Gasteiger partial charge in [-0.25, -0.2) is 0 Å². The van der Waals surface area contributed by atoms with Gasteiger partial charge in [0.1, 0.15) is 5.78 Å². The number of rotatable bonds is 4. The molecule has 4 heteroatoms. The van der Waals surface area contributed by atoms with Gasteiger partial charge in [-0.05, 0) is 66.1 Å². The summed E-state index contributed by atoms with van der Waals surface area (Å²) in [5, 5.41) is 0. The lowest BCUT2D eigenvalue weighted by atomic mass is 9.85. The maximum absolute atomic E-state index is 12.0. The van der Waals surface area contributed by atoms with Crippen molar-refractivity contribution >= 4 is 5.78 Å². The molecule has 0 N–H and O–H groups in total. The molecule has 1 fully saturated rings. The van der Waals surface area contributed by atoms with E-state index in [9.17, 15) is 9.59 Å². The minimum atomic E-state index is 0.0247. The van der Waals surface area contributed by atoms with Crippen molar-refractivity contribution in [3.63, 3.8) is 0 Å². The Kier molecular flexibility index (Phi) is 5.00. The minimum Gasteiger partial charge on any atom is -0.374 e. The topological polar surface area (TPSA) is 48.3 Å². The van der Waals surface area contributed by atoms with Crippen LogP contribution in [0.2, 0.25) is 0 Å². The van der Waals surface area contributed by atoms with E-state index in [-0.39, 0.29) is 5.56 Å². The molecule has 0 bridgehead atoms. The van der Waals surface area contributed by atoms with Gasteiger partial charge in [0.05, 0.1) is 12.7 Å². The van der Waals surface area contributed by atoms with Crippen LogP contribution in [0, 0.1) is 6.92 Å². The Balaban J connectivity index is 1.73. The number of Topliss-reactive ketones (excluding diaryl/α,β-unsaturated/α-hetero) is 1. The maximum Gasteiger partial charge on any atom is 0.253 e. The summed E-state index contributed by atoms with van der Waals surface area (Å²) in [6, 6.07) is 6.27. The highest BCUT2D eigenvalue weighted by molar-refractivity contribution is 5.84. The van der Waals surface area contributed by atoms with E-state index in [0.29, 0.717) is 31.3 Å². The Morgan fingerprint density at radius 3 is 2.59 bits per heavy atom. The zero-order valence-corrected chi connectivity index (χ0v) is 16.2. The first-order valence-corrected chi connectivity index (χ1v) is 9.97. The average molecular weight is 365 g/mol. The number of ether oxygens (including phenoxy) is 1. The number of pyridine rings is 1. The van der Waals surface area contributed by atoms with Gasteiger partial charge >= 0.3 is 0 Å². The van der Waals surface area contributed by atoms with Gasteiger partial charge in [0.25, 0.3) is 5.56 Å². The van der Waals surface area contributed by atoms with Crippen molar-refractivity contribution in [1.29, 1.82) is 0 Å². The fourth-order valence-corrected chi connectivity index (χ4v) is 4.44. The Labute approximate surface area is 160 Å². The molecule has 1 aromatic heterocycles. The predicted molar refractivity (Wildman–Crippen MR) is 106 cm³/mol. The van der Waals surface area contributed by atoms with E-state index in [1.165, 1.54) is 24.0 Å². The number of hydrogen-bond donors (Lipinski definition) is 0. The second kappa shape index (κ2) is 7.43. The molecular formula is C23H27NO3. The van der Waals surface area contributed by atoms with Crippen molar-refractivity contribution in [2.24, 2.45) is 7.05 Å². The molecular weight excluding hydrogens is 338 g/mol. The summed E-state index contributed by atoms with van der Waals surface area (Å²) in [7, 11) is 1.78. The second-order valence-corrected chi connectivity index (χ2v) is 8.03. The number of benzene rings is 1. The predicted octanol–water partition coefficient (Wildman–Crippen LogP) is 3.88. The molecule has 27 heavy (non-hydrogen) atoms. The van der Waals surface area contributed by atoms with Crippen LogP contribution in [0.15, 0.2) is 29.2 Å². The summed E-state index contributed by atoms with van der Waals surface area (Å²) in [4.78, 5) is 24.1. The summed E-state index contributed by atoms with van der Waals surface area (Å²) in [6.07, 6.45) is 9.01. The SMILES string of the molecule is Cc1cc(-c2cc(COC3CCCC3)c3c(c2)CC(=O)CC3)cn(C)c1=O. The zero-order valence-electron chi connectivity index (χ0n) is 16.2. The second-order valence-electron chi connectivity index (χ2n) is 8.03. The van der Waals surface area contributed by atoms with Gasteiger partial charge in [0, 0.05) is 31.6 Å². The van der Waals surface area contributed by atoms with E-state index in [1.54, 1.807) is 11.6 Å². The molecule has 4 nitrogen and oxygen atoms in total. The lowest BCUT2D eigenvalue weighted by Gasteiger charge is -2.22. The molecule has 1 saturated carbocycles. The Hall–Kier alpha value is -2.20. The summed E-state index contributed by atoms with van der Waals surface area (Å²) >= 11 is 0. The summed E-state index contributed by atoms with van der Waals surface area (Å²) < 4.78 is 7.83. The smallest absolute Gasteiger partial charge is 0.253 e. The van der Waals surface area contributed by atoms with E-state index in [1.807, 2.05) is 19.2 Å². The zero-order chi connectivity index (χ0) is 19.0. The molecule has 0 unspecified atom stereocenters. The van der Waals surface area contributed by atoms with Gasteiger partial charge in [-0.3, -0.25) is 9.59 Å². The van der Waals surface area contributed by atoms with Gasteiger partial charge in [-0.15, -0.1) is 0 Å². The quantitative estimate of drug-likeness (QED) is 0.826. The number of hydrogen-bond acceptors (Lipinski definition) is 3. The molecule has 0 atom stereocenters. The standard InChI is InChI=1S/C23H27NO3/c1-15-9-18(13-24(2)23(15)26)16-10-17-12-20(25)7-8-22(17)19(11-16)14-27-21-5-3-4-6-21/h9-11,13,21H,3-8,12,14H2,1-2H3. The van der Waals surface area contributed by atoms with E-state index in [4.69, 9.17) is 4.74 Å². The summed E-state index contributed by atoms with van der Waals surface area (Å²) in [6.45, 7) is 2.46. The maximum atomic E-state index is 12.0. The van der Waals surface area contributed by atoms with Crippen LogP contribution in [-0.4, -0.2) is 16.5 Å².